The standard InChI is InChI=1S/C15H15N5O/c1-10(14-19-17-9-20(14)2)18-15(21)13-12-6-4-3-5-11(12)7-8-16-13/h3-10H,1-2H3,(H,18,21). The van der Waals surface area contributed by atoms with Crippen LogP contribution in [0.4, 0.5) is 0 Å². The summed E-state index contributed by atoms with van der Waals surface area (Å²) in [7, 11) is 1.84. The second-order valence-electron chi connectivity index (χ2n) is 4.88. The lowest BCUT2D eigenvalue weighted by Crippen LogP contribution is -2.29. The molecular formula is C15H15N5O. The van der Waals surface area contributed by atoms with E-state index in [0.29, 0.717) is 11.5 Å². The van der Waals surface area contributed by atoms with Crippen LogP contribution in [0.1, 0.15) is 29.3 Å². The van der Waals surface area contributed by atoms with E-state index in [-0.39, 0.29) is 11.9 Å². The number of amides is 1. The summed E-state index contributed by atoms with van der Waals surface area (Å²) in [6.07, 6.45) is 3.25. The van der Waals surface area contributed by atoms with Gasteiger partial charge in [-0.1, -0.05) is 24.3 Å². The van der Waals surface area contributed by atoms with Crippen LogP contribution in [0.25, 0.3) is 10.8 Å². The zero-order valence-electron chi connectivity index (χ0n) is 11.8. The van der Waals surface area contributed by atoms with Crippen molar-refractivity contribution >= 4 is 16.7 Å². The van der Waals surface area contributed by atoms with Crippen LogP contribution in [-0.4, -0.2) is 25.7 Å². The number of pyridine rings is 1. The third-order valence-electron chi connectivity index (χ3n) is 3.37. The molecule has 106 valence electrons. The first-order valence-corrected chi connectivity index (χ1v) is 6.65. The highest BCUT2D eigenvalue weighted by Crippen LogP contribution is 2.17. The maximum atomic E-state index is 12.4. The molecule has 0 aliphatic carbocycles. The fourth-order valence-electron chi connectivity index (χ4n) is 2.31. The van der Waals surface area contributed by atoms with E-state index in [0.717, 1.165) is 10.8 Å². The third kappa shape index (κ3) is 2.47. The second-order valence-corrected chi connectivity index (χ2v) is 4.88. The quantitative estimate of drug-likeness (QED) is 0.795. The minimum Gasteiger partial charge on any atom is -0.341 e. The van der Waals surface area contributed by atoms with Gasteiger partial charge in [-0.25, -0.2) is 0 Å². The maximum Gasteiger partial charge on any atom is 0.271 e. The summed E-state index contributed by atoms with van der Waals surface area (Å²) >= 11 is 0. The Bertz CT molecular complexity index is 790. The number of carbonyl (C=O) groups is 1. The van der Waals surface area contributed by atoms with Gasteiger partial charge >= 0.3 is 0 Å². The van der Waals surface area contributed by atoms with Crippen LogP contribution >= 0.6 is 0 Å². The van der Waals surface area contributed by atoms with E-state index < -0.39 is 0 Å². The third-order valence-corrected chi connectivity index (χ3v) is 3.37. The highest BCUT2D eigenvalue weighted by atomic mass is 16.1. The zero-order valence-corrected chi connectivity index (χ0v) is 11.8. The summed E-state index contributed by atoms with van der Waals surface area (Å²) in [5.74, 6) is 0.478. The lowest BCUT2D eigenvalue weighted by molar-refractivity contribution is 0.0934. The van der Waals surface area contributed by atoms with Crippen molar-refractivity contribution in [3.8, 4) is 0 Å². The van der Waals surface area contributed by atoms with Crippen LogP contribution in [0, 0.1) is 0 Å². The van der Waals surface area contributed by atoms with Crippen molar-refractivity contribution in [2.45, 2.75) is 13.0 Å². The van der Waals surface area contributed by atoms with Crippen molar-refractivity contribution < 1.29 is 4.79 Å². The Hall–Kier alpha value is -2.76. The van der Waals surface area contributed by atoms with Gasteiger partial charge in [0, 0.05) is 18.6 Å². The molecule has 1 amide bonds. The number of rotatable bonds is 3. The number of nitrogens with one attached hydrogen (secondary N) is 1. The molecule has 2 aromatic heterocycles. The van der Waals surface area contributed by atoms with Gasteiger partial charge in [0.2, 0.25) is 0 Å². The van der Waals surface area contributed by atoms with Crippen molar-refractivity contribution in [3.63, 3.8) is 0 Å². The molecule has 0 aliphatic heterocycles. The van der Waals surface area contributed by atoms with Crippen molar-refractivity contribution in [1.29, 1.82) is 0 Å². The fourth-order valence-corrected chi connectivity index (χ4v) is 2.31. The first-order valence-electron chi connectivity index (χ1n) is 6.65. The van der Waals surface area contributed by atoms with E-state index in [2.05, 4.69) is 20.5 Å². The Morgan fingerprint density at radius 2 is 2.10 bits per heavy atom. The molecule has 0 saturated heterocycles. The van der Waals surface area contributed by atoms with Gasteiger partial charge in [-0.05, 0) is 18.4 Å². The zero-order chi connectivity index (χ0) is 14.8. The molecular weight excluding hydrogens is 266 g/mol. The van der Waals surface area contributed by atoms with Crippen LogP contribution in [0.5, 0.6) is 0 Å². The number of carbonyl (C=O) groups excluding carboxylic acids is 1. The molecule has 0 radical (unpaired) electrons. The lowest BCUT2D eigenvalue weighted by Gasteiger charge is -2.13. The predicted molar refractivity (Wildman–Crippen MR) is 78.6 cm³/mol. The number of aryl methyl sites for hydroxylation is 1. The highest BCUT2D eigenvalue weighted by Gasteiger charge is 2.17. The molecule has 0 spiro atoms. The number of fused-ring (bicyclic) bond motifs is 1. The first kappa shape index (κ1) is 13.2. The van der Waals surface area contributed by atoms with Gasteiger partial charge in [-0.3, -0.25) is 9.78 Å². The molecule has 1 atom stereocenters. The summed E-state index contributed by atoms with van der Waals surface area (Å²) in [5, 5.41) is 12.6. The molecule has 2 heterocycles. The molecule has 3 rings (SSSR count). The van der Waals surface area contributed by atoms with Crippen molar-refractivity contribution in [3.05, 3.63) is 54.4 Å². The topological polar surface area (TPSA) is 72.7 Å². The van der Waals surface area contributed by atoms with Crippen molar-refractivity contribution in [1.82, 2.24) is 25.1 Å². The molecule has 1 unspecified atom stereocenters. The van der Waals surface area contributed by atoms with Gasteiger partial charge in [0.25, 0.3) is 5.91 Å². The van der Waals surface area contributed by atoms with Crippen molar-refractivity contribution in [2.24, 2.45) is 7.05 Å². The number of benzene rings is 1. The van der Waals surface area contributed by atoms with E-state index in [1.807, 2.05) is 44.3 Å². The van der Waals surface area contributed by atoms with Crippen molar-refractivity contribution in [2.75, 3.05) is 0 Å². The Balaban J connectivity index is 1.89. The lowest BCUT2D eigenvalue weighted by atomic mass is 10.1. The molecule has 0 saturated carbocycles. The Morgan fingerprint density at radius 1 is 1.29 bits per heavy atom. The summed E-state index contributed by atoms with van der Waals surface area (Å²) in [4.78, 5) is 16.7. The van der Waals surface area contributed by atoms with E-state index >= 15 is 0 Å². The molecule has 21 heavy (non-hydrogen) atoms. The van der Waals surface area contributed by atoms with E-state index in [9.17, 15) is 4.79 Å². The monoisotopic (exact) mass is 281 g/mol. The molecule has 0 aliphatic rings. The average Bonchev–Trinajstić information content (AvgIpc) is 2.92. The molecule has 1 N–H and O–H groups in total. The normalized spacial score (nSPS) is 12.3. The predicted octanol–water partition coefficient (Wildman–Crippen LogP) is 1.85. The molecule has 0 bridgehead atoms. The molecule has 3 aromatic rings. The van der Waals surface area contributed by atoms with Crippen LogP contribution in [0.15, 0.2) is 42.9 Å². The van der Waals surface area contributed by atoms with E-state index in [4.69, 9.17) is 0 Å². The minimum atomic E-state index is -0.245. The first-order chi connectivity index (χ1) is 10.2. The summed E-state index contributed by atoms with van der Waals surface area (Å²) < 4.78 is 1.78. The van der Waals surface area contributed by atoms with Gasteiger partial charge < -0.3 is 9.88 Å². The molecule has 6 heteroatoms. The van der Waals surface area contributed by atoms with Crippen LogP contribution in [-0.2, 0) is 7.05 Å². The maximum absolute atomic E-state index is 12.4. The van der Waals surface area contributed by atoms with Crippen LogP contribution in [0.2, 0.25) is 0 Å². The average molecular weight is 281 g/mol. The number of hydrogen-bond donors (Lipinski definition) is 1. The largest absolute Gasteiger partial charge is 0.341 e. The second kappa shape index (κ2) is 5.32. The van der Waals surface area contributed by atoms with Gasteiger partial charge in [0.05, 0.1) is 6.04 Å². The number of aromatic nitrogens is 4. The number of nitrogens with zero attached hydrogens (tertiary/aromatic N) is 4. The highest BCUT2D eigenvalue weighted by molar-refractivity contribution is 6.05. The van der Waals surface area contributed by atoms with Crippen LogP contribution < -0.4 is 5.32 Å². The smallest absolute Gasteiger partial charge is 0.271 e. The Kier molecular flexibility index (Phi) is 3.35. The SMILES string of the molecule is CC(NC(=O)c1nccc2ccccc12)c1nncn1C. The Morgan fingerprint density at radius 3 is 2.86 bits per heavy atom. The fraction of sp³-hybridized carbons (Fsp3) is 0.200. The summed E-state index contributed by atoms with van der Waals surface area (Å²) in [6.45, 7) is 1.87. The van der Waals surface area contributed by atoms with Gasteiger partial charge in [0.1, 0.15) is 12.0 Å². The van der Waals surface area contributed by atoms with E-state index in [1.54, 1.807) is 17.1 Å². The molecule has 1 aromatic carbocycles. The van der Waals surface area contributed by atoms with Gasteiger partial charge in [-0.15, -0.1) is 10.2 Å². The Labute approximate surface area is 121 Å². The van der Waals surface area contributed by atoms with E-state index in [1.165, 1.54) is 0 Å². The minimum absolute atomic E-state index is 0.220. The summed E-state index contributed by atoms with van der Waals surface area (Å²) in [6, 6.07) is 9.33. The molecule has 0 fully saturated rings. The number of hydrogen-bond acceptors (Lipinski definition) is 4. The van der Waals surface area contributed by atoms with Gasteiger partial charge in [0.15, 0.2) is 5.82 Å². The van der Waals surface area contributed by atoms with Crippen LogP contribution in [0.3, 0.4) is 0 Å². The van der Waals surface area contributed by atoms with Gasteiger partial charge in [-0.2, -0.15) is 0 Å². The molecule has 6 nitrogen and oxygen atoms in total. The summed E-state index contributed by atoms with van der Waals surface area (Å²) in [5.41, 5.74) is 0.419.